The van der Waals surface area contributed by atoms with Crippen LogP contribution in [0, 0.1) is 0 Å². The molecule has 1 unspecified atom stereocenters. The van der Waals surface area contributed by atoms with Gasteiger partial charge in [-0.1, -0.05) is 216 Å². The van der Waals surface area contributed by atoms with Gasteiger partial charge in [0.2, 0.25) is 0 Å². The number of rotatable bonds is 47. The van der Waals surface area contributed by atoms with Gasteiger partial charge in [-0.05, 0) is 83.5 Å². The van der Waals surface area contributed by atoms with Gasteiger partial charge in [-0.2, -0.15) is 0 Å². The number of carbonyl (C=O) groups excluding carboxylic acids is 2. The van der Waals surface area contributed by atoms with E-state index in [4.69, 9.17) is 14.2 Å². The molecular formula is C55H98O5. The fraction of sp³-hybridized carbons (Fsp3) is 0.782. The van der Waals surface area contributed by atoms with E-state index in [-0.39, 0.29) is 25.2 Å². The molecule has 0 radical (unpaired) electrons. The molecule has 348 valence electrons. The number of allylic oxidation sites excluding steroid dienone is 10. The van der Waals surface area contributed by atoms with Crippen molar-refractivity contribution in [3.63, 3.8) is 0 Å². The molecule has 0 aromatic rings. The van der Waals surface area contributed by atoms with Crippen molar-refractivity contribution in [1.29, 1.82) is 0 Å². The van der Waals surface area contributed by atoms with Gasteiger partial charge in [-0.25, -0.2) is 0 Å². The Bertz CT molecular complexity index is 1040. The molecule has 5 heteroatoms. The van der Waals surface area contributed by atoms with Gasteiger partial charge in [0.15, 0.2) is 6.10 Å². The van der Waals surface area contributed by atoms with Crippen molar-refractivity contribution in [2.24, 2.45) is 0 Å². The van der Waals surface area contributed by atoms with Crippen LogP contribution in [0.1, 0.15) is 252 Å². The van der Waals surface area contributed by atoms with E-state index < -0.39 is 6.10 Å². The summed E-state index contributed by atoms with van der Waals surface area (Å²) in [7, 11) is 0. The third-order valence-electron chi connectivity index (χ3n) is 11.0. The van der Waals surface area contributed by atoms with Crippen LogP contribution in [-0.2, 0) is 23.8 Å². The van der Waals surface area contributed by atoms with Crippen LogP contribution in [0.25, 0.3) is 0 Å². The fourth-order valence-corrected chi connectivity index (χ4v) is 7.20. The van der Waals surface area contributed by atoms with Gasteiger partial charge in [0, 0.05) is 19.4 Å². The number of esters is 2. The predicted octanol–water partition coefficient (Wildman–Crippen LogP) is 17.3. The number of unbranched alkanes of at least 4 members (excludes halogenated alkanes) is 26. The SMILES string of the molecule is CC/C=C\C/C=C\C/C=C\C/C=C\CCCCCCCCCOCC(COC(=O)CCCCCCC/C=C\CCCCCCCC)OC(=O)CCCCCCCCCCC. The van der Waals surface area contributed by atoms with Gasteiger partial charge in [-0.3, -0.25) is 9.59 Å². The smallest absolute Gasteiger partial charge is 0.306 e. The van der Waals surface area contributed by atoms with Crippen LogP contribution in [-0.4, -0.2) is 37.9 Å². The summed E-state index contributed by atoms with van der Waals surface area (Å²) < 4.78 is 17.4. The molecule has 0 N–H and O–H groups in total. The molecule has 60 heavy (non-hydrogen) atoms. The zero-order chi connectivity index (χ0) is 43.5. The Kier molecular flexibility index (Phi) is 48.9. The third-order valence-corrected chi connectivity index (χ3v) is 11.0. The molecule has 0 aromatic carbocycles. The Labute approximate surface area is 373 Å². The Morgan fingerprint density at radius 2 is 0.750 bits per heavy atom. The van der Waals surface area contributed by atoms with Gasteiger partial charge in [-0.15, -0.1) is 0 Å². The van der Waals surface area contributed by atoms with Crippen molar-refractivity contribution in [3.05, 3.63) is 60.8 Å². The summed E-state index contributed by atoms with van der Waals surface area (Å²) in [6.45, 7) is 7.68. The van der Waals surface area contributed by atoms with Crippen LogP contribution in [0.2, 0.25) is 0 Å². The zero-order valence-corrected chi connectivity index (χ0v) is 40.0. The molecule has 0 bridgehead atoms. The highest BCUT2D eigenvalue weighted by Crippen LogP contribution is 2.14. The van der Waals surface area contributed by atoms with E-state index in [1.54, 1.807) is 0 Å². The van der Waals surface area contributed by atoms with Crippen molar-refractivity contribution in [2.45, 2.75) is 258 Å². The zero-order valence-electron chi connectivity index (χ0n) is 40.0. The third kappa shape index (κ3) is 48.3. The molecule has 0 aromatic heterocycles. The monoisotopic (exact) mass is 839 g/mol. The Morgan fingerprint density at radius 3 is 1.22 bits per heavy atom. The summed E-state index contributed by atoms with van der Waals surface area (Å²) in [6.07, 6.45) is 63.7. The van der Waals surface area contributed by atoms with E-state index in [1.807, 2.05) is 0 Å². The summed E-state index contributed by atoms with van der Waals surface area (Å²) in [5, 5.41) is 0. The first-order chi connectivity index (χ1) is 29.6. The van der Waals surface area contributed by atoms with Crippen molar-refractivity contribution in [1.82, 2.24) is 0 Å². The minimum absolute atomic E-state index is 0.0777. The molecule has 1 atom stereocenters. The second kappa shape index (κ2) is 51.0. The summed E-state index contributed by atoms with van der Waals surface area (Å²) in [4.78, 5) is 25.3. The molecular weight excluding hydrogens is 741 g/mol. The molecule has 0 fully saturated rings. The highest BCUT2D eigenvalue weighted by Gasteiger charge is 2.17. The first-order valence-corrected chi connectivity index (χ1v) is 25.8. The van der Waals surface area contributed by atoms with Crippen LogP contribution < -0.4 is 0 Å². The Balaban J connectivity index is 4.20. The number of carbonyl (C=O) groups is 2. The molecule has 5 nitrogen and oxygen atoms in total. The average molecular weight is 839 g/mol. The van der Waals surface area contributed by atoms with E-state index in [1.165, 1.54) is 141 Å². The molecule has 0 aliphatic heterocycles. The topological polar surface area (TPSA) is 61.8 Å². The normalized spacial score (nSPS) is 12.7. The second-order valence-electron chi connectivity index (χ2n) is 17.0. The summed E-state index contributed by atoms with van der Waals surface area (Å²) in [5.74, 6) is -0.409. The van der Waals surface area contributed by atoms with Crippen LogP contribution >= 0.6 is 0 Å². The lowest BCUT2D eigenvalue weighted by molar-refractivity contribution is -0.163. The van der Waals surface area contributed by atoms with E-state index in [9.17, 15) is 9.59 Å². The van der Waals surface area contributed by atoms with Gasteiger partial charge in [0.05, 0.1) is 6.61 Å². The Hall–Kier alpha value is -2.40. The van der Waals surface area contributed by atoms with Crippen LogP contribution in [0.5, 0.6) is 0 Å². The highest BCUT2D eigenvalue weighted by molar-refractivity contribution is 5.70. The van der Waals surface area contributed by atoms with E-state index in [0.29, 0.717) is 19.4 Å². The largest absolute Gasteiger partial charge is 0.462 e. The lowest BCUT2D eigenvalue weighted by Gasteiger charge is -2.18. The minimum atomic E-state index is -0.542. The summed E-state index contributed by atoms with van der Waals surface area (Å²) >= 11 is 0. The molecule has 0 spiro atoms. The van der Waals surface area contributed by atoms with Crippen molar-refractivity contribution < 1.29 is 23.8 Å². The van der Waals surface area contributed by atoms with Gasteiger partial charge < -0.3 is 14.2 Å². The molecule has 0 aliphatic carbocycles. The van der Waals surface area contributed by atoms with Crippen LogP contribution in [0.3, 0.4) is 0 Å². The predicted molar refractivity (Wildman–Crippen MR) is 261 cm³/mol. The first kappa shape index (κ1) is 57.6. The van der Waals surface area contributed by atoms with Crippen molar-refractivity contribution >= 4 is 11.9 Å². The average Bonchev–Trinajstić information content (AvgIpc) is 3.25. The van der Waals surface area contributed by atoms with Gasteiger partial charge in [0.25, 0.3) is 0 Å². The maximum Gasteiger partial charge on any atom is 0.306 e. The van der Waals surface area contributed by atoms with Crippen molar-refractivity contribution in [3.8, 4) is 0 Å². The van der Waals surface area contributed by atoms with Gasteiger partial charge >= 0.3 is 11.9 Å². The quantitative estimate of drug-likeness (QED) is 0.0347. The standard InChI is InChI=1S/C55H98O5/c1-4-7-10-13-16-19-21-23-25-26-27-28-29-31-33-35-38-41-44-47-50-58-51-53(60-55(57)49-46-43-40-36-18-15-12-9-6-3)52-59-54(56)48-45-42-39-37-34-32-30-24-22-20-17-14-11-8-5-2/h7,10,16,19,23-25,27-28,30,53H,4-6,8-9,11-15,17-18,20-22,26,29,31-52H2,1-3H3/b10-7-,19-16-,25-23-,28-27-,30-24-. The minimum Gasteiger partial charge on any atom is -0.462 e. The number of ether oxygens (including phenoxy) is 3. The van der Waals surface area contributed by atoms with E-state index >= 15 is 0 Å². The molecule has 0 saturated heterocycles. The fourth-order valence-electron chi connectivity index (χ4n) is 7.20. The number of hydrogen-bond donors (Lipinski definition) is 0. The van der Waals surface area contributed by atoms with Crippen molar-refractivity contribution in [2.75, 3.05) is 19.8 Å². The summed E-state index contributed by atoms with van der Waals surface area (Å²) in [6, 6.07) is 0. The molecule has 0 aliphatic rings. The molecule has 0 saturated carbocycles. The van der Waals surface area contributed by atoms with Crippen LogP contribution in [0.4, 0.5) is 0 Å². The molecule has 0 heterocycles. The van der Waals surface area contributed by atoms with Crippen LogP contribution in [0.15, 0.2) is 60.8 Å². The number of hydrogen-bond acceptors (Lipinski definition) is 5. The maximum atomic E-state index is 12.7. The Morgan fingerprint density at radius 1 is 0.383 bits per heavy atom. The maximum absolute atomic E-state index is 12.7. The van der Waals surface area contributed by atoms with Gasteiger partial charge in [0.1, 0.15) is 6.61 Å². The van der Waals surface area contributed by atoms with E-state index in [0.717, 1.165) is 77.0 Å². The molecule has 0 rings (SSSR count). The lowest BCUT2D eigenvalue weighted by Crippen LogP contribution is -2.30. The lowest BCUT2D eigenvalue weighted by atomic mass is 10.1. The second-order valence-corrected chi connectivity index (χ2v) is 17.0. The highest BCUT2D eigenvalue weighted by atomic mass is 16.6. The summed E-state index contributed by atoms with van der Waals surface area (Å²) in [5.41, 5.74) is 0. The molecule has 0 amide bonds. The van der Waals surface area contributed by atoms with E-state index in [2.05, 4.69) is 81.5 Å². The first-order valence-electron chi connectivity index (χ1n) is 25.8.